The van der Waals surface area contributed by atoms with E-state index in [0.717, 1.165) is 132 Å². The molecule has 0 saturated heterocycles. The molecule has 0 atom stereocenters. The van der Waals surface area contributed by atoms with Crippen LogP contribution in [0.5, 0.6) is 0 Å². The van der Waals surface area contributed by atoms with Gasteiger partial charge in [-0.2, -0.15) is 0 Å². The van der Waals surface area contributed by atoms with Crippen molar-refractivity contribution < 1.29 is 102 Å². The molecule has 0 unspecified atom stereocenters. The van der Waals surface area contributed by atoms with E-state index in [1.54, 1.807) is 50.4 Å². The molecule has 751 valence electrons. The van der Waals surface area contributed by atoms with E-state index in [9.17, 15) is 0 Å². The van der Waals surface area contributed by atoms with Gasteiger partial charge in [-0.3, -0.25) is 0 Å². The van der Waals surface area contributed by atoms with Crippen molar-refractivity contribution in [2.75, 3.05) is 0 Å². The zero-order valence-corrected chi connectivity index (χ0v) is 97.0. The summed E-state index contributed by atoms with van der Waals surface area (Å²) in [5, 5.41) is 8.52. The maximum atomic E-state index is 8.78. The van der Waals surface area contributed by atoms with Crippen molar-refractivity contribution in [3.05, 3.63) is 323 Å². The topological polar surface area (TPSA) is 155 Å². The maximum absolute atomic E-state index is 8.78. The fourth-order valence-corrected chi connectivity index (χ4v) is 21.7. The number of fused-ring (bicyclic) bond motifs is 9. The SMILES string of the molecule is [2H]C(C)(C)c1cc(-c2[c-]ccc(C(C)(C)C)c2)ncc1[Si](C)(C)C.[2H]C(C)(C)c1cc(-c2[c-]ccc(C)c2)ncc1[Si](C)(C)C.[2H]C(C)(C)c1cc(-c2[c-]ccc(C3([2H])CCCC3)c2)ncc1[Si](C)(C)C.[2H]C(C)(C)c1ccnc(-c2[c-]ccc3c2oc2nc(C([2H])(C)C)ccc23)c1.[2H]C([2H])([2H])C(c1ccnc(-c2[c-]ccc3c2oc2nc(C(C)(C)C)ccc23)c1)(C([2H])([2H])[2H])C([2H])([2H])[2H].[2H]C([2H])([2H])c1ccnc(-c2[c-]ccc3c2oc2nc(C([2H])([2H])[2H])ccc23)c1.[Ir].[Ir].[Ir]. The minimum absolute atomic E-state index is 0. The van der Waals surface area contributed by atoms with Crippen LogP contribution < -0.4 is 15.6 Å². The number of pyridine rings is 9. The molecule has 19 rings (SSSR count). The molecular weight excluding hydrogens is 2340 g/mol. The molecule has 12 heterocycles. The second kappa shape index (κ2) is 47.0. The minimum atomic E-state index is -3.37. The second-order valence-electron chi connectivity index (χ2n) is 42.4. The Morgan fingerprint density at radius 2 is 0.783 bits per heavy atom. The van der Waals surface area contributed by atoms with Gasteiger partial charge in [0.15, 0.2) is 0 Å². The van der Waals surface area contributed by atoms with E-state index in [-0.39, 0.29) is 99.4 Å². The molecule has 18 aromatic rings. The summed E-state index contributed by atoms with van der Waals surface area (Å²) < 4.78 is 186. The molecule has 0 N–H and O–H groups in total. The first-order valence-corrected chi connectivity index (χ1v) is 58.3. The molecule has 1 aliphatic rings. The van der Waals surface area contributed by atoms with Gasteiger partial charge in [-0.1, -0.05) is 307 Å². The van der Waals surface area contributed by atoms with E-state index in [2.05, 4.69) is 200 Å². The number of nitrogens with zero attached hydrogens (tertiary/aromatic N) is 9. The van der Waals surface area contributed by atoms with Gasteiger partial charge >= 0.3 is 0 Å². The van der Waals surface area contributed by atoms with Crippen LogP contribution in [0.3, 0.4) is 0 Å². The Morgan fingerprint density at radius 1 is 0.364 bits per heavy atom. The van der Waals surface area contributed by atoms with E-state index < -0.39 is 99.3 Å². The van der Waals surface area contributed by atoms with Crippen molar-refractivity contribution in [1.29, 1.82) is 0 Å². The Kier molecular flexibility index (Phi) is 28.2. The average Bonchev–Trinajstić information content (AvgIpc) is 0.829. The van der Waals surface area contributed by atoms with Crippen LogP contribution >= 0.6 is 0 Å². The molecule has 12 nitrogen and oxygen atoms in total. The number of benzene rings is 6. The van der Waals surface area contributed by atoms with Crippen LogP contribution in [-0.4, -0.2) is 69.1 Å². The van der Waals surface area contributed by atoms with Crippen LogP contribution in [0.15, 0.2) is 232 Å². The van der Waals surface area contributed by atoms with E-state index in [0.29, 0.717) is 61.5 Å². The summed E-state index contributed by atoms with van der Waals surface area (Å²) >= 11 is 0. The fraction of sp³-hybridized carbons (Fsp3) is 0.352. The van der Waals surface area contributed by atoms with Crippen LogP contribution in [0.2, 0.25) is 58.9 Å². The van der Waals surface area contributed by atoms with Gasteiger partial charge in [0.25, 0.3) is 0 Å². The van der Waals surface area contributed by atoms with E-state index in [4.69, 9.17) is 52.0 Å². The standard InChI is InChI=1S/C24H25N2O.C22H21N2O.C22H30NSi.C21H30NSi.C18H13N2O.C18H24NSi.3Ir/c1-23(2,3)15-12-13-25-19(14-15)18-9-7-8-16-17-10-11-20(24(4,5)6)26-22(17)27-21(16)18;1-13(2)15-10-11-23-20(12-15)18-7-5-6-16-17-8-9-19(14(3)4)24-22(17)25-21(16)18;1-16(2)20-14-21(23-15-22(20)24(3,4)5)19-12-8-11-18(13-19)17-9-6-7-10-17;1-15(2)18-13-19(22-14-20(18)23(6,7)8)16-10-9-11-17(12-16)21(3,4)5;1-11-8-9-19-16(10-11)15-5-3-4-13-14-7-6-12(2)20-18(14)21-17(13)15;1-13(2)16-11-17(15-9-7-8-14(3)10-15)19-12-18(16)20(4,5)6;;;/h7-8,10-14H,1-6H3;5-6,8-14H,1-4H3;8,11,13-17H,6-7,9-10H2,1-5H3;9,11-15H,1-8H3;3-4,6-10H,1-2H3;7-8,10-13H,1-6H3;;;/q6*-1;;;/i1D3,2D3,3D3;13D,14D;16D,17D;15D;1D3,2D3;13D;;;. The summed E-state index contributed by atoms with van der Waals surface area (Å²) in [5.41, 5.74) is 16.8. The Bertz CT molecular complexity index is 8230. The van der Waals surface area contributed by atoms with Crippen molar-refractivity contribution in [3.8, 4) is 67.5 Å². The predicted molar refractivity (Wildman–Crippen MR) is 597 cm³/mol. The molecule has 1 saturated carbocycles. The number of furan rings is 3. The van der Waals surface area contributed by atoms with Crippen molar-refractivity contribution in [1.82, 2.24) is 44.9 Å². The summed E-state index contributed by atoms with van der Waals surface area (Å²) in [4.78, 5) is 40.5. The average molecular weight is 2500 g/mol. The van der Waals surface area contributed by atoms with Crippen LogP contribution in [0.4, 0.5) is 0 Å². The van der Waals surface area contributed by atoms with Crippen LogP contribution in [0, 0.1) is 57.0 Å². The van der Waals surface area contributed by atoms with Gasteiger partial charge in [0.1, 0.15) is 0 Å². The Morgan fingerprint density at radius 3 is 1.23 bits per heavy atom. The molecule has 3 radical (unpaired) electrons. The van der Waals surface area contributed by atoms with Gasteiger partial charge in [0.2, 0.25) is 17.1 Å². The third kappa shape index (κ3) is 27.3. The molecule has 1 fully saturated rings. The minimum Gasteiger partial charge on any atom is -0.486 e. The summed E-state index contributed by atoms with van der Waals surface area (Å²) in [6, 6.07) is 74.4. The summed E-state index contributed by atoms with van der Waals surface area (Å²) in [5.74, 6) is -3.87. The van der Waals surface area contributed by atoms with E-state index >= 15 is 0 Å². The first-order valence-electron chi connectivity index (χ1n) is 58.3. The quantitative estimate of drug-likeness (QED) is 0.0708. The molecule has 12 aromatic heterocycles. The second-order valence-corrected chi connectivity index (χ2v) is 57.6. The first-order chi connectivity index (χ1) is 74.1. The van der Waals surface area contributed by atoms with Gasteiger partial charge in [-0.05, 0) is 183 Å². The normalized spacial score (nSPS) is 15.8. The van der Waals surface area contributed by atoms with Gasteiger partial charge < -0.3 is 43.2 Å². The Labute approximate surface area is 925 Å². The molecule has 18 heteroatoms. The van der Waals surface area contributed by atoms with E-state index in [1.807, 2.05) is 174 Å². The predicted octanol–water partition coefficient (Wildman–Crippen LogP) is 32.9. The summed E-state index contributed by atoms with van der Waals surface area (Å²) in [6.07, 6.45) is 14.5. The van der Waals surface area contributed by atoms with Crippen molar-refractivity contribution >= 4 is 106 Å². The molecule has 1 aliphatic carbocycles. The number of aromatic nitrogens is 9. The maximum Gasteiger partial charge on any atom is 0.216 e. The number of rotatable bonds is 15. The van der Waals surface area contributed by atoms with Gasteiger partial charge in [-0.15, -0.1) is 161 Å². The Balaban J connectivity index is 0.000000185. The van der Waals surface area contributed by atoms with Crippen molar-refractivity contribution in [2.24, 2.45) is 0 Å². The molecule has 6 aromatic carbocycles. The summed E-state index contributed by atoms with van der Waals surface area (Å²) in [6.45, 7) is 39.9. The van der Waals surface area contributed by atoms with Gasteiger partial charge in [-0.25, -0.2) is 15.0 Å². The van der Waals surface area contributed by atoms with Crippen molar-refractivity contribution in [3.63, 3.8) is 0 Å². The zero-order chi connectivity index (χ0) is 119. The number of aryl methyl sites for hydroxylation is 3. The van der Waals surface area contributed by atoms with Gasteiger partial charge in [0.05, 0.1) is 41.0 Å². The zero-order valence-electron chi connectivity index (χ0n) is 108. The van der Waals surface area contributed by atoms with Crippen molar-refractivity contribution in [2.45, 2.75) is 288 Å². The third-order valence-corrected chi connectivity index (χ3v) is 30.9. The largest absolute Gasteiger partial charge is 0.486 e. The molecule has 143 heavy (non-hydrogen) atoms. The molecule has 0 bridgehead atoms. The molecular formula is C125H143Ir3N9O3Si3-6. The van der Waals surface area contributed by atoms with Crippen LogP contribution in [0.1, 0.15) is 288 Å². The van der Waals surface area contributed by atoms with E-state index in [1.165, 1.54) is 63.3 Å². The van der Waals surface area contributed by atoms with Crippen LogP contribution in [0.25, 0.3) is 134 Å². The molecule has 0 aliphatic heterocycles. The Hall–Kier alpha value is -10.3. The monoisotopic (exact) mass is 2500 g/mol. The molecule has 0 spiro atoms. The molecule has 0 amide bonds. The summed E-state index contributed by atoms with van der Waals surface area (Å²) in [7, 11) is -4.64. The number of hydrogen-bond acceptors (Lipinski definition) is 12. The number of hydrogen-bond donors (Lipinski definition) is 0. The fourth-order valence-electron chi connectivity index (χ4n) is 17.0. The van der Waals surface area contributed by atoms with Crippen LogP contribution in [-0.2, 0) is 76.6 Å². The third-order valence-electron chi connectivity index (χ3n) is 24.9. The first kappa shape index (κ1) is 85.9. The van der Waals surface area contributed by atoms with Gasteiger partial charge in [0, 0.05) is 165 Å². The smallest absolute Gasteiger partial charge is 0.216 e.